The van der Waals surface area contributed by atoms with Crippen molar-refractivity contribution in [1.29, 1.82) is 0 Å². The lowest BCUT2D eigenvalue weighted by Gasteiger charge is -2.38. The van der Waals surface area contributed by atoms with Crippen molar-refractivity contribution in [2.24, 2.45) is 11.8 Å². The molecule has 1 aliphatic carbocycles. The zero-order chi connectivity index (χ0) is 18.4. The van der Waals surface area contributed by atoms with Crippen LogP contribution in [0.25, 0.3) is 11.1 Å². The van der Waals surface area contributed by atoms with Gasteiger partial charge in [-0.2, -0.15) is 0 Å². The lowest BCUT2D eigenvalue weighted by atomic mass is 9.79. The van der Waals surface area contributed by atoms with Crippen molar-refractivity contribution in [2.45, 2.75) is 51.9 Å². The number of aromatic nitrogens is 2. The molecule has 144 valence electrons. The highest BCUT2D eigenvalue weighted by atomic mass is 16.5. The van der Waals surface area contributed by atoms with Gasteiger partial charge in [-0.25, -0.2) is 4.98 Å². The standard InChI is InChI=1S/C21H28N4O2/c1-13-18-19(16-3-2-4-17(16)23-20(18)27-24-13)21(26)25-11-7-15(8-12-25)14-5-9-22-10-6-14/h14-15,22H,2-12H2,1H3. The number of pyridine rings is 1. The smallest absolute Gasteiger partial charge is 0.259 e. The quantitative estimate of drug-likeness (QED) is 0.883. The Balaban J connectivity index is 1.40. The molecule has 0 bridgehead atoms. The Kier molecular flexibility index (Phi) is 4.38. The Hall–Kier alpha value is -1.95. The summed E-state index contributed by atoms with van der Waals surface area (Å²) in [6.45, 7) is 5.96. The lowest BCUT2D eigenvalue weighted by molar-refractivity contribution is 0.0643. The first-order valence-corrected chi connectivity index (χ1v) is 10.5. The molecule has 2 aliphatic heterocycles. The molecule has 1 amide bonds. The van der Waals surface area contributed by atoms with E-state index in [2.05, 4.69) is 20.4 Å². The van der Waals surface area contributed by atoms with Gasteiger partial charge in [-0.1, -0.05) is 5.16 Å². The highest BCUT2D eigenvalue weighted by Crippen LogP contribution is 2.35. The van der Waals surface area contributed by atoms with E-state index in [1.54, 1.807) is 0 Å². The average Bonchev–Trinajstić information content (AvgIpc) is 3.33. The fraction of sp³-hybridized carbons (Fsp3) is 0.667. The minimum atomic E-state index is 0.163. The molecule has 0 unspecified atom stereocenters. The third-order valence-electron chi connectivity index (χ3n) is 6.91. The number of nitrogens with one attached hydrogen (secondary N) is 1. The summed E-state index contributed by atoms with van der Waals surface area (Å²) in [5.74, 6) is 1.77. The number of carbonyl (C=O) groups excluding carboxylic acids is 1. The van der Waals surface area contributed by atoms with Gasteiger partial charge in [0.1, 0.15) is 0 Å². The lowest BCUT2D eigenvalue weighted by Crippen LogP contribution is -2.42. The largest absolute Gasteiger partial charge is 0.339 e. The topological polar surface area (TPSA) is 71.3 Å². The maximum absolute atomic E-state index is 13.5. The Bertz CT molecular complexity index is 861. The minimum absolute atomic E-state index is 0.163. The van der Waals surface area contributed by atoms with E-state index in [1.807, 2.05) is 6.92 Å². The van der Waals surface area contributed by atoms with Crippen molar-refractivity contribution < 1.29 is 9.32 Å². The van der Waals surface area contributed by atoms with Gasteiger partial charge in [0.2, 0.25) is 0 Å². The van der Waals surface area contributed by atoms with Crippen LogP contribution in [0.1, 0.15) is 59.4 Å². The molecule has 3 aliphatic rings. The van der Waals surface area contributed by atoms with Gasteiger partial charge in [0.15, 0.2) is 0 Å². The van der Waals surface area contributed by atoms with E-state index in [0.717, 1.165) is 98.0 Å². The van der Waals surface area contributed by atoms with Crippen LogP contribution in [-0.2, 0) is 12.8 Å². The van der Waals surface area contributed by atoms with Crippen molar-refractivity contribution in [3.63, 3.8) is 0 Å². The SMILES string of the molecule is Cc1noc2nc3c(c(C(=O)N4CCC(C5CCNCC5)CC4)c12)CCC3. The second-order valence-electron chi connectivity index (χ2n) is 8.43. The number of aryl methyl sites for hydroxylation is 2. The molecule has 1 N–H and O–H groups in total. The normalized spacial score (nSPS) is 21.7. The number of hydrogen-bond donors (Lipinski definition) is 1. The maximum Gasteiger partial charge on any atom is 0.259 e. The fourth-order valence-corrected chi connectivity index (χ4v) is 5.40. The second kappa shape index (κ2) is 6.89. The summed E-state index contributed by atoms with van der Waals surface area (Å²) < 4.78 is 5.41. The van der Waals surface area contributed by atoms with Gasteiger partial charge >= 0.3 is 0 Å². The summed E-state index contributed by atoms with van der Waals surface area (Å²) in [5.41, 5.74) is 4.30. The summed E-state index contributed by atoms with van der Waals surface area (Å²) in [5, 5.41) is 8.38. The van der Waals surface area contributed by atoms with Crippen LogP contribution in [0.3, 0.4) is 0 Å². The molecule has 27 heavy (non-hydrogen) atoms. The van der Waals surface area contributed by atoms with E-state index < -0.39 is 0 Å². The summed E-state index contributed by atoms with van der Waals surface area (Å²) in [4.78, 5) is 20.2. The minimum Gasteiger partial charge on any atom is -0.339 e. The van der Waals surface area contributed by atoms with Gasteiger partial charge in [0, 0.05) is 18.8 Å². The maximum atomic E-state index is 13.5. The van der Waals surface area contributed by atoms with Crippen LogP contribution in [0.15, 0.2) is 4.52 Å². The van der Waals surface area contributed by atoms with Gasteiger partial charge < -0.3 is 14.7 Å². The van der Waals surface area contributed by atoms with Crippen molar-refractivity contribution in [3.05, 3.63) is 22.5 Å². The zero-order valence-electron chi connectivity index (χ0n) is 16.1. The molecular weight excluding hydrogens is 340 g/mol. The van der Waals surface area contributed by atoms with Gasteiger partial charge in [-0.3, -0.25) is 4.79 Å². The summed E-state index contributed by atoms with van der Waals surface area (Å²) in [6.07, 6.45) is 7.79. The van der Waals surface area contributed by atoms with Crippen LogP contribution >= 0.6 is 0 Å². The highest BCUT2D eigenvalue weighted by molar-refractivity contribution is 6.07. The first kappa shape index (κ1) is 17.2. The zero-order valence-corrected chi connectivity index (χ0v) is 16.1. The molecule has 0 atom stereocenters. The van der Waals surface area contributed by atoms with Crippen LogP contribution in [0.2, 0.25) is 0 Å². The summed E-state index contributed by atoms with van der Waals surface area (Å²) in [7, 11) is 0. The average molecular weight is 368 g/mol. The van der Waals surface area contributed by atoms with Gasteiger partial charge in [0.05, 0.1) is 16.6 Å². The van der Waals surface area contributed by atoms with Crippen molar-refractivity contribution in [3.8, 4) is 0 Å². The van der Waals surface area contributed by atoms with Crippen LogP contribution in [0.5, 0.6) is 0 Å². The molecule has 2 fully saturated rings. The number of fused-ring (bicyclic) bond motifs is 2. The number of nitrogens with zero attached hydrogens (tertiary/aromatic N) is 3. The fourth-order valence-electron chi connectivity index (χ4n) is 5.40. The molecule has 2 aromatic rings. The predicted molar refractivity (Wildman–Crippen MR) is 103 cm³/mol. The Morgan fingerprint density at radius 2 is 1.85 bits per heavy atom. The van der Waals surface area contributed by atoms with E-state index in [4.69, 9.17) is 4.52 Å². The van der Waals surface area contributed by atoms with Crippen molar-refractivity contribution in [1.82, 2.24) is 20.4 Å². The van der Waals surface area contributed by atoms with Crippen LogP contribution in [-0.4, -0.2) is 47.1 Å². The molecule has 5 rings (SSSR count). The molecule has 4 heterocycles. The number of amides is 1. The molecule has 2 aromatic heterocycles. The van der Waals surface area contributed by atoms with Crippen molar-refractivity contribution in [2.75, 3.05) is 26.2 Å². The van der Waals surface area contributed by atoms with E-state index in [9.17, 15) is 4.79 Å². The van der Waals surface area contributed by atoms with E-state index in [0.29, 0.717) is 5.71 Å². The van der Waals surface area contributed by atoms with Gasteiger partial charge in [-0.05, 0) is 82.4 Å². The first-order chi connectivity index (χ1) is 13.2. The van der Waals surface area contributed by atoms with Gasteiger partial charge in [0.25, 0.3) is 11.6 Å². The summed E-state index contributed by atoms with van der Waals surface area (Å²) >= 11 is 0. The predicted octanol–water partition coefficient (Wildman–Crippen LogP) is 2.87. The van der Waals surface area contributed by atoms with Crippen LogP contribution < -0.4 is 5.32 Å². The number of piperidine rings is 2. The van der Waals surface area contributed by atoms with E-state index >= 15 is 0 Å². The number of carbonyl (C=O) groups is 1. The van der Waals surface area contributed by atoms with Crippen molar-refractivity contribution >= 4 is 17.0 Å². The molecule has 0 spiro atoms. The Labute approximate surface area is 159 Å². The molecule has 0 saturated carbocycles. The Morgan fingerprint density at radius 1 is 1.11 bits per heavy atom. The summed E-state index contributed by atoms with van der Waals surface area (Å²) in [6, 6.07) is 0. The molecule has 2 saturated heterocycles. The van der Waals surface area contributed by atoms with Gasteiger partial charge in [-0.15, -0.1) is 0 Å². The van der Waals surface area contributed by atoms with Crippen LogP contribution in [0.4, 0.5) is 0 Å². The number of rotatable bonds is 2. The third-order valence-corrected chi connectivity index (χ3v) is 6.91. The number of hydrogen-bond acceptors (Lipinski definition) is 5. The second-order valence-corrected chi connectivity index (χ2v) is 8.43. The molecule has 6 heteroatoms. The highest BCUT2D eigenvalue weighted by Gasteiger charge is 2.33. The van der Waals surface area contributed by atoms with Crippen LogP contribution in [0, 0.1) is 18.8 Å². The molecular formula is C21H28N4O2. The molecule has 6 nitrogen and oxygen atoms in total. The first-order valence-electron chi connectivity index (χ1n) is 10.5. The monoisotopic (exact) mass is 368 g/mol. The van der Waals surface area contributed by atoms with E-state index in [-0.39, 0.29) is 5.91 Å². The number of likely N-dealkylation sites (tertiary alicyclic amines) is 1. The Morgan fingerprint density at radius 3 is 2.63 bits per heavy atom. The molecule has 0 aromatic carbocycles. The van der Waals surface area contributed by atoms with E-state index in [1.165, 1.54) is 12.8 Å². The molecule has 0 radical (unpaired) electrons. The third kappa shape index (κ3) is 2.94.